The lowest BCUT2D eigenvalue weighted by molar-refractivity contribution is -0.385. The molecule has 0 bridgehead atoms. The van der Waals surface area contributed by atoms with Gasteiger partial charge in [0.15, 0.2) is 0 Å². The summed E-state index contributed by atoms with van der Waals surface area (Å²) in [7, 11) is 1.17. The Bertz CT molecular complexity index is 348. The molecule has 0 fully saturated rings. The van der Waals surface area contributed by atoms with E-state index in [4.69, 9.17) is 0 Å². The van der Waals surface area contributed by atoms with Crippen molar-refractivity contribution in [1.29, 1.82) is 0 Å². The summed E-state index contributed by atoms with van der Waals surface area (Å²) in [6, 6.07) is 6.35. The van der Waals surface area contributed by atoms with Crippen LogP contribution in [0.4, 0.5) is 5.69 Å². The van der Waals surface area contributed by atoms with Crippen molar-refractivity contribution < 1.29 is 14.5 Å². The second-order valence-electron chi connectivity index (χ2n) is 2.19. The average Bonchev–Trinajstić information content (AvgIpc) is 2.16. The highest BCUT2D eigenvalue weighted by Crippen LogP contribution is 2.17. The van der Waals surface area contributed by atoms with Crippen LogP contribution in [0, 0.1) is 16.2 Å². The Hall–Kier alpha value is -1.91. The molecule has 0 unspecified atom stereocenters. The first-order chi connectivity index (χ1) is 6.16. The number of esters is 1. The van der Waals surface area contributed by atoms with E-state index >= 15 is 0 Å². The van der Waals surface area contributed by atoms with Crippen LogP contribution in [0.3, 0.4) is 0 Å². The summed E-state index contributed by atoms with van der Waals surface area (Å²) in [6.07, 6.45) is 0. The third kappa shape index (κ3) is 1.81. The second kappa shape index (κ2) is 3.66. The smallest absolute Gasteiger partial charge is 0.344 e. The topological polar surface area (TPSA) is 69.4 Å². The van der Waals surface area contributed by atoms with Crippen molar-refractivity contribution in [3.8, 4) is 0 Å². The van der Waals surface area contributed by atoms with E-state index < -0.39 is 10.9 Å². The zero-order valence-corrected chi connectivity index (χ0v) is 6.81. The fourth-order valence-corrected chi connectivity index (χ4v) is 0.855. The summed E-state index contributed by atoms with van der Waals surface area (Å²) in [5, 5.41) is 10.4. The molecule has 0 heterocycles. The molecule has 0 aliphatic carbocycles. The van der Waals surface area contributed by atoms with Crippen LogP contribution in [-0.2, 0) is 4.74 Å². The van der Waals surface area contributed by atoms with E-state index in [9.17, 15) is 14.9 Å². The van der Waals surface area contributed by atoms with Crippen LogP contribution < -0.4 is 0 Å². The maximum atomic E-state index is 11.0. The highest BCUT2D eigenvalue weighted by molar-refractivity contribution is 5.93. The van der Waals surface area contributed by atoms with Gasteiger partial charge in [-0.15, -0.1) is 0 Å². The molecule has 5 nitrogen and oxygen atoms in total. The number of benzene rings is 1. The largest absolute Gasteiger partial charge is 0.465 e. The van der Waals surface area contributed by atoms with Crippen molar-refractivity contribution in [3.63, 3.8) is 0 Å². The van der Waals surface area contributed by atoms with Gasteiger partial charge in [0.2, 0.25) is 0 Å². The maximum absolute atomic E-state index is 11.0. The number of rotatable bonds is 2. The average molecular weight is 180 g/mol. The quantitative estimate of drug-likeness (QED) is 0.389. The predicted molar refractivity (Wildman–Crippen MR) is 43.3 cm³/mol. The zero-order valence-electron chi connectivity index (χ0n) is 6.81. The van der Waals surface area contributed by atoms with Crippen LogP contribution >= 0.6 is 0 Å². The Morgan fingerprint density at radius 3 is 2.92 bits per heavy atom. The molecule has 1 aromatic carbocycles. The van der Waals surface area contributed by atoms with Gasteiger partial charge >= 0.3 is 5.97 Å². The summed E-state index contributed by atoms with van der Waals surface area (Å²) in [4.78, 5) is 20.8. The highest BCUT2D eigenvalue weighted by Gasteiger charge is 2.19. The second-order valence-corrected chi connectivity index (χ2v) is 2.19. The van der Waals surface area contributed by atoms with E-state index in [0.29, 0.717) is 0 Å². The van der Waals surface area contributed by atoms with Crippen LogP contribution in [0.15, 0.2) is 18.2 Å². The molecule has 0 aliphatic heterocycles. The number of hydrogen-bond acceptors (Lipinski definition) is 4. The summed E-state index contributed by atoms with van der Waals surface area (Å²) in [5.74, 6) is -0.722. The molecule has 0 saturated heterocycles. The van der Waals surface area contributed by atoms with Gasteiger partial charge in [-0.1, -0.05) is 6.07 Å². The molecule has 0 amide bonds. The third-order valence-corrected chi connectivity index (χ3v) is 1.44. The SMILES string of the molecule is COC(=O)c1cc[c]cc1[N+](=O)[O-]. The lowest BCUT2D eigenvalue weighted by Gasteiger charge is -1.98. The van der Waals surface area contributed by atoms with E-state index in [2.05, 4.69) is 10.8 Å². The van der Waals surface area contributed by atoms with Crippen molar-refractivity contribution >= 4 is 11.7 Å². The van der Waals surface area contributed by atoms with Gasteiger partial charge < -0.3 is 4.74 Å². The normalized spacial score (nSPS) is 9.31. The monoisotopic (exact) mass is 180 g/mol. The molecule has 1 rings (SSSR count). The van der Waals surface area contributed by atoms with E-state index in [1.807, 2.05) is 0 Å². The molecule has 0 atom stereocenters. The molecule has 0 spiro atoms. The van der Waals surface area contributed by atoms with Crippen molar-refractivity contribution in [1.82, 2.24) is 0 Å². The van der Waals surface area contributed by atoms with E-state index in [-0.39, 0.29) is 11.3 Å². The first-order valence-electron chi connectivity index (χ1n) is 3.39. The van der Waals surface area contributed by atoms with E-state index in [1.165, 1.54) is 19.2 Å². The maximum Gasteiger partial charge on any atom is 0.344 e. The van der Waals surface area contributed by atoms with Crippen molar-refractivity contribution in [2.45, 2.75) is 0 Å². The molecule has 0 N–H and O–H groups in total. The first-order valence-corrected chi connectivity index (χ1v) is 3.39. The Morgan fingerprint density at radius 2 is 2.38 bits per heavy atom. The van der Waals surface area contributed by atoms with E-state index in [0.717, 1.165) is 6.07 Å². The Balaban J connectivity index is 3.19. The number of methoxy groups -OCH3 is 1. The molecular weight excluding hydrogens is 174 g/mol. The minimum Gasteiger partial charge on any atom is -0.465 e. The van der Waals surface area contributed by atoms with Gasteiger partial charge in [-0.05, 0) is 12.1 Å². The van der Waals surface area contributed by atoms with Crippen molar-refractivity contribution in [2.24, 2.45) is 0 Å². The molecule has 5 heteroatoms. The molecule has 13 heavy (non-hydrogen) atoms. The van der Waals surface area contributed by atoms with Gasteiger partial charge in [0.1, 0.15) is 5.56 Å². The summed E-state index contributed by atoms with van der Waals surface area (Å²) >= 11 is 0. The predicted octanol–water partition coefficient (Wildman–Crippen LogP) is 1.18. The lowest BCUT2D eigenvalue weighted by atomic mass is 10.2. The van der Waals surface area contributed by atoms with Crippen LogP contribution in [0.5, 0.6) is 0 Å². The van der Waals surface area contributed by atoms with Gasteiger partial charge in [0.05, 0.1) is 12.0 Å². The fourth-order valence-electron chi connectivity index (χ4n) is 0.855. The van der Waals surface area contributed by atoms with Crippen LogP contribution in [0.2, 0.25) is 0 Å². The molecule has 0 saturated carbocycles. The van der Waals surface area contributed by atoms with Gasteiger partial charge in [0, 0.05) is 6.07 Å². The summed E-state index contributed by atoms with van der Waals surface area (Å²) in [5.41, 5.74) is -0.361. The number of carbonyl (C=O) groups excluding carboxylic acids is 1. The molecule has 0 aromatic heterocycles. The van der Waals surface area contributed by atoms with Gasteiger partial charge in [0.25, 0.3) is 5.69 Å². The van der Waals surface area contributed by atoms with Crippen molar-refractivity contribution in [3.05, 3.63) is 39.9 Å². The number of nitrogens with zero attached hydrogens (tertiary/aromatic N) is 1. The highest BCUT2D eigenvalue weighted by atomic mass is 16.6. The summed E-state index contributed by atoms with van der Waals surface area (Å²) in [6.45, 7) is 0. The summed E-state index contributed by atoms with van der Waals surface area (Å²) < 4.78 is 4.37. The molecular formula is C8H6NO4. The van der Waals surface area contributed by atoms with Crippen molar-refractivity contribution in [2.75, 3.05) is 7.11 Å². The molecule has 0 aliphatic rings. The number of ether oxygens (including phenoxy) is 1. The van der Waals surface area contributed by atoms with Crippen LogP contribution in [0.1, 0.15) is 10.4 Å². The Kier molecular flexibility index (Phi) is 2.59. The van der Waals surface area contributed by atoms with Gasteiger partial charge in [-0.25, -0.2) is 4.79 Å². The zero-order chi connectivity index (χ0) is 9.84. The van der Waals surface area contributed by atoms with Crippen LogP contribution in [0.25, 0.3) is 0 Å². The molecule has 1 radical (unpaired) electrons. The lowest BCUT2D eigenvalue weighted by Crippen LogP contribution is -2.05. The first kappa shape index (κ1) is 9.18. The standard InChI is InChI=1S/C8H6NO4/c1-13-8(10)6-4-2-3-5-7(6)9(11)12/h2,4-5H,1H3. The number of nitro groups is 1. The number of carbonyl (C=O) groups is 1. The van der Waals surface area contributed by atoms with Gasteiger partial charge in [-0.2, -0.15) is 0 Å². The fraction of sp³-hybridized carbons (Fsp3) is 0.125. The third-order valence-electron chi connectivity index (χ3n) is 1.44. The minimum atomic E-state index is -0.722. The van der Waals surface area contributed by atoms with Crippen LogP contribution in [-0.4, -0.2) is 18.0 Å². The Labute approximate surface area is 74.1 Å². The minimum absolute atomic E-state index is 0.0637. The van der Waals surface area contributed by atoms with Gasteiger partial charge in [-0.3, -0.25) is 10.1 Å². The number of nitro benzene ring substituents is 1. The number of hydrogen-bond donors (Lipinski definition) is 0. The Morgan fingerprint density at radius 1 is 1.69 bits per heavy atom. The molecule has 1 aromatic rings. The van der Waals surface area contributed by atoms with E-state index in [1.54, 1.807) is 0 Å². The molecule has 67 valence electrons.